The smallest absolute Gasteiger partial charge is 0.308 e. The van der Waals surface area contributed by atoms with Crippen LogP contribution in [0.5, 0.6) is 0 Å². The van der Waals surface area contributed by atoms with E-state index in [4.69, 9.17) is 9.47 Å². The van der Waals surface area contributed by atoms with Gasteiger partial charge in [-0.3, -0.25) is 9.59 Å². The highest BCUT2D eigenvalue weighted by Gasteiger charge is 2.32. The van der Waals surface area contributed by atoms with Gasteiger partial charge in [0.25, 0.3) is 0 Å². The van der Waals surface area contributed by atoms with Crippen LogP contribution in [0.4, 0.5) is 0 Å². The van der Waals surface area contributed by atoms with Crippen molar-refractivity contribution in [3.63, 3.8) is 0 Å². The van der Waals surface area contributed by atoms with E-state index in [9.17, 15) is 9.59 Å². The van der Waals surface area contributed by atoms with Crippen molar-refractivity contribution < 1.29 is 19.1 Å². The summed E-state index contributed by atoms with van der Waals surface area (Å²) < 4.78 is 11.0. The molecule has 0 aromatic heterocycles. The van der Waals surface area contributed by atoms with Crippen molar-refractivity contribution in [1.29, 1.82) is 0 Å². The van der Waals surface area contributed by atoms with Crippen LogP contribution in [-0.2, 0) is 19.1 Å². The maximum atomic E-state index is 12.4. The van der Waals surface area contributed by atoms with Gasteiger partial charge in [0.2, 0.25) is 0 Å². The van der Waals surface area contributed by atoms with Crippen LogP contribution in [-0.4, -0.2) is 25.2 Å². The Morgan fingerprint density at radius 1 is 0.562 bits per heavy atom. The van der Waals surface area contributed by atoms with Gasteiger partial charge in [-0.05, 0) is 32.1 Å². The van der Waals surface area contributed by atoms with Crippen LogP contribution in [0.3, 0.4) is 0 Å². The molecule has 1 aliphatic rings. The number of unbranched alkanes of at least 4 members (excludes halogenated alkanes) is 14. The molecular formula is C28H52O4. The van der Waals surface area contributed by atoms with Crippen LogP contribution in [0, 0.1) is 11.8 Å². The molecule has 0 aliphatic heterocycles. The summed E-state index contributed by atoms with van der Waals surface area (Å²) in [5, 5.41) is 0. The zero-order valence-electron chi connectivity index (χ0n) is 21.3. The van der Waals surface area contributed by atoms with Gasteiger partial charge in [-0.2, -0.15) is 0 Å². The summed E-state index contributed by atoms with van der Waals surface area (Å²) in [5.41, 5.74) is 0. The third-order valence-corrected chi connectivity index (χ3v) is 6.83. The Balaban J connectivity index is 2.06. The maximum absolute atomic E-state index is 12.4. The van der Waals surface area contributed by atoms with Gasteiger partial charge in [0, 0.05) is 0 Å². The van der Waals surface area contributed by atoms with Gasteiger partial charge in [-0.15, -0.1) is 0 Å². The third kappa shape index (κ3) is 14.9. The highest BCUT2D eigenvalue weighted by Crippen LogP contribution is 2.31. The second-order valence-electron chi connectivity index (χ2n) is 9.85. The van der Waals surface area contributed by atoms with Crippen molar-refractivity contribution in [3.8, 4) is 0 Å². The lowest BCUT2D eigenvalue weighted by Gasteiger charge is -2.26. The van der Waals surface area contributed by atoms with Crippen molar-refractivity contribution in [2.45, 2.75) is 142 Å². The summed E-state index contributed by atoms with van der Waals surface area (Å²) in [6.45, 7) is 5.53. The molecule has 1 fully saturated rings. The quantitative estimate of drug-likeness (QED) is 0.138. The molecule has 0 saturated heterocycles. The molecule has 2 atom stereocenters. The summed E-state index contributed by atoms with van der Waals surface area (Å²) in [6, 6.07) is 0. The molecule has 1 rings (SSSR count). The van der Waals surface area contributed by atoms with Crippen LogP contribution < -0.4 is 0 Å². The first-order valence-electron chi connectivity index (χ1n) is 14.0. The number of carbonyl (C=O) groups excluding carboxylic acids is 2. The fourth-order valence-corrected chi connectivity index (χ4v) is 4.67. The van der Waals surface area contributed by atoms with Gasteiger partial charge in [0.05, 0.1) is 25.0 Å². The van der Waals surface area contributed by atoms with Gasteiger partial charge in [-0.25, -0.2) is 0 Å². The van der Waals surface area contributed by atoms with Crippen LogP contribution >= 0.6 is 0 Å². The van der Waals surface area contributed by atoms with Crippen LogP contribution in [0.25, 0.3) is 0 Å². The molecule has 4 heteroatoms. The second kappa shape index (κ2) is 20.5. The lowest BCUT2D eigenvalue weighted by Crippen LogP contribution is -2.30. The summed E-state index contributed by atoms with van der Waals surface area (Å²) in [7, 11) is 0. The lowest BCUT2D eigenvalue weighted by atomic mass is 9.81. The van der Waals surface area contributed by atoms with Gasteiger partial charge < -0.3 is 9.47 Å². The summed E-state index contributed by atoms with van der Waals surface area (Å²) >= 11 is 0. The Kier molecular flexibility index (Phi) is 18.6. The Labute approximate surface area is 198 Å². The van der Waals surface area contributed by atoms with E-state index in [0.717, 1.165) is 44.9 Å². The Hall–Kier alpha value is -1.06. The summed E-state index contributed by atoms with van der Waals surface area (Å²) in [6.07, 6.45) is 23.0. The van der Waals surface area contributed by atoms with Crippen molar-refractivity contribution in [2.24, 2.45) is 11.8 Å². The van der Waals surface area contributed by atoms with E-state index < -0.39 is 0 Å². The highest BCUT2D eigenvalue weighted by molar-refractivity contribution is 5.76. The molecule has 4 nitrogen and oxygen atoms in total. The highest BCUT2D eigenvalue weighted by atomic mass is 16.5. The molecule has 0 aromatic carbocycles. The predicted molar refractivity (Wildman–Crippen MR) is 133 cm³/mol. The predicted octanol–water partition coefficient (Wildman–Crippen LogP) is 8.16. The molecule has 2 unspecified atom stereocenters. The fraction of sp³-hybridized carbons (Fsp3) is 0.929. The Morgan fingerprint density at radius 2 is 0.906 bits per heavy atom. The fourth-order valence-electron chi connectivity index (χ4n) is 4.67. The van der Waals surface area contributed by atoms with Crippen molar-refractivity contribution in [2.75, 3.05) is 13.2 Å². The zero-order valence-corrected chi connectivity index (χ0v) is 21.3. The average molecular weight is 453 g/mol. The van der Waals surface area contributed by atoms with Gasteiger partial charge in [0.1, 0.15) is 0 Å². The first-order chi connectivity index (χ1) is 15.7. The molecule has 0 radical (unpaired) electrons. The number of hydrogen-bond acceptors (Lipinski definition) is 4. The Morgan fingerprint density at radius 3 is 1.28 bits per heavy atom. The van der Waals surface area contributed by atoms with Crippen molar-refractivity contribution in [1.82, 2.24) is 0 Å². The Bertz CT molecular complexity index is 422. The molecule has 32 heavy (non-hydrogen) atoms. The minimum Gasteiger partial charge on any atom is -0.465 e. The first kappa shape index (κ1) is 29.0. The van der Waals surface area contributed by atoms with Gasteiger partial charge in [0.15, 0.2) is 0 Å². The normalized spacial score (nSPS) is 18.4. The lowest BCUT2D eigenvalue weighted by molar-refractivity contribution is -0.155. The number of carbonyl (C=O) groups is 2. The molecule has 0 spiro atoms. The number of hydrogen-bond donors (Lipinski definition) is 0. The monoisotopic (exact) mass is 452 g/mol. The van der Waals surface area contributed by atoms with E-state index in [1.54, 1.807) is 0 Å². The van der Waals surface area contributed by atoms with Crippen LogP contribution in [0.15, 0.2) is 0 Å². The molecule has 0 aromatic rings. The molecule has 0 heterocycles. The maximum Gasteiger partial charge on any atom is 0.308 e. The summed E-state index contributed by atoms with van der Waals surface area (Å²) in [5.74, 6) is -0.459. The topological polar surface area (TPSA) is 52.6 Å². The molecule has 1 saturated carbocycles. The number of ether oxygens (including phenoxy) is 2. The second-order valence-corrected chi connectivity index (χ2v) is 9.85. The van der Waals surface area contributed by atoms with Gasteiger partial charge >= 0.3 is 11.9 Å². The van der Waals surface area contributed by atoms with E-state index >= 15 is 0 Å². The average Bonchev–Trinajstić information content (AvgIpc) is 2.81. The standard InChI is InChI=1S/C28H52O4/c1-3-5-7-9-11-13-15-17-22-31-27(29)25-20-19-21-26(24-25)28(30)32-23-18-16-14-12-10-8-6-4-2/h25-26H,3-24H2,1-2H3. The van der Waals surface area contributed by atoms with Crippen molar-refractivity contribution in [3.05, 3.63) is 0 Å². The minimum atomic E-state index is -0.126. The minimum absolute atomic E-state index is 0.103. The van der Waals surface area contributed by atoms with E-state index in [0.29, 0.717) is 19.6 Å². The first-order valence-corrected chi connectivity index (χ1v) is 14.0. The SMILES string of the molecule is CCCCCCCCCCOC(=O)C1CCCC(C(=O)OCCCCCCCCCC)C1. The molecule has 0 N–H and O–H groups in total. The molecule has 0 amide bonds. The summed E-state index contributed by atoms with van der Waals surface area (Å²) in [4.78, 5) is 24.9. The van der Waals surface area contributed by atoms with E-state index in [-0.39, 0.29) is 23.8 Å². The number of rotatable bonds is 20. The van der Waals surface area contributed by atoms with Crippen LogP contribution in [0.2, 0.25) is 0 Å². The van der Waals surface area contributed by atoms with E-state index in [2.05, 4.69) is 13.8 Å². The van der Waals surface area contributed by atoms with Crippen LogP contribution in [0.1, 0.15) is 142 Å². The van der Waals surface area contributed by atoms with E-state index in [1.165, 1.54) is 77.0 Å². The largest absolute Gasteiger partial charge is 0.465 e. The van der Waals surface area contributed by atoms with Gasteiger partial charge in [-0.1, -0.05) is 110 Å². The zero-order chi connectivity index (χ0) is 23.3. The molecular weight excluding hydrogens is 400 g/mol. The molecule has 1 aliphatic carbocycles. The molecule has 0 bridgehead atoms. The van der Waals surface area contributed by atoms with Crippen molar-refractivity contribution >= 4 is 11.9 Å². The number of esters is 2. The molecule has 188 valence electrons. The van der Waals surface area contributed by atoms with E-state index in [1.807, 2.05) is 0 Å². The third-order valence-electron chi connectivity index (χ3n) is 6.83.